The van der Waals surface area contributed by atoms with Crippen molar-refractivity contribution in [1.29, 1.82) is 0 Å². The molecule has 6 heteroatoms. The monoisotopic (exact) mass is 578 g/mol. The Morgan fingerprint density at radius 1 is 0.643 bits per heavy atom. The van der Waals surface area contributed by atoms with E-state index in [-0.39, 0.29) is 5.91 Å². The highest BCUT2D eigenvalue weighted by atomic mass is 16.5. The molecular weight excluding hydrogens is 524 g/mol. The number of carbonyl (C=O) groups is 2. The van der Waals surface area contributed by atoms with Gasteiger partial charge in [-0.3, -0.25) is 4.79 Å². The zero-order valence-corrected chi connectivity index (χ0v) is 26.2. The van der Waals surface area contributed by atoms with Crippen LogP contribution in [0.15, 0.2) is 53.6 Å². The topological polar surface area (TPSA) is 77.0 Å². The van der Waals surface area contributed by atoms with Crippen LogP contribution < -0.4 is 14.9 Å². The molecule has 0 aliphatic carbocycles. The zero-order chi connectivity index (χ0) is 30.1. The maximum atomic E-state index is 12.4. The number of hydrogen-bond donors (Lipinski definition) is 1. The van der Waals surface area contributed by atoms with Crippen LogP contribution in [-0.4, -0.2) is 24.7 Å². The summed E-state index contributed by atoms with van der Waals surface area (Å²) < 4.78 is 11.1. The van der Waals surface area contributed by atoms with Crippen molar-refractivity contribution in [2.75, 3.05) is 6.61 Å². The summed E-state index contributed by atoms with van der Waals surface area (Å²) in [5, 5.41) is 4.06. The number of nitrogens with one attached hydrogen (secondary N) is 1. The van der Waals surface area contributed by atoms with E-state index in [0.717, 1.165) is 37.0 Å². The highest BCUT2D eigenvalue weighted by molar-refractivity contribution is 5.91. The standard InChI is InChI=1S/C36H54N2O4/c1-3-5-7-8-9-10-11-12-13-14-15-16-17-18-19-20-35(39)38-37-30-31-21-25-34(26-22-31)42-36(40)32-23-27-33(28-24-32)41-29-6-4-2/h21-28,30H,3-20,29H2,1-2H3,(H,38,39). The van der Waals surface area contributed by atoms with Gasteiger partial charge in [-0.2, -0.15) is 5.10 Å². The first-order valence-electron chi connectivity index (χ1n) is 16.5. The van der Waals surface area contributed by atoms with Crippen LogP contribution in [0, 0.1) is 0 Å². The largest absolute Gasteiger partial charge is 0.494 e. The van der Waals surface area contributed by atoms with E-state index in [0.29, 0.717) is 24.3 Å². The Bertz CT molecular complexity index is 1000. The second kappa shape index (κ2) is 23.4. The Morgan fingerprint density at radius 2 is 1.14 bits per heavy atom. The van der Waals surface area contributed by atoms with Crippen LogP contribution in [0.25, 0.3) is 0 Å². The minimum absolute atomic E-state index is 0.0618. The summed E-state index contributed by atoms with van der Waals surface area (Å²) in [6, 6.07) is 14.0. The van der Waals surface area contributed by atoms with Gasteiger partial charge < -0.3 is 9.47 Å². The predicted octanol–water partition coefficient (Wildman–Crippen LogP) is 9.80. The Morgan fingerprint density at radius 3 is 1.69 bits per heavy atom. The van der Waals surface area contributed by atoms with E-state index >= 15 is 0 Å². The van der Waals surface area contributed by atoms with Crippen molar-refractivity contribution in [1.82, 2.24) is 5.43 Å². The van der Waals surface area contributed by atoms with E-state index in [9.17, 15) is 9.59 Å². The fourth-order valence-corrected chi connectivity index (χ4v) is 4.70. The van der Waals surface area contributed by atoms with Crippen molar-refractivity contribution in [3.8, 4) is 11.5 Å². The van der Waals surface area contributed by atoms with Crippen molar-refractivity contribution in [3.05, 3.63) is 59.7 Å². The van der Waals surface area contributed by atoms with Crippen LogP contribution in [-0.2, 0) is 4.79 Å². The van der Waals surface area contributed by atoms with Gasteiger partial charge in [-0.1, -0.05) is 110 Å². The molecule has 0 bridgehead atoms. The van der Waals surface area contributed by atoms with Crippen molar-refractivity contribution >= 4 is 18.1 Å². The molecule has 1 N–H and O–H groups in total. The number of amides is 1. The lowest BCUT2D eigenvalue weighted by molar-refractivity contribution is -0.121. The van der Waals surface area contributed by atoms with Crippen molar-refractivity contribution in [2.24, 2.45) is 5.10 Å². The molecule has 2 rings (SSSR count). The van der Waals surface area contributed by atoms with E-state index in [2.05, 4.69) is 24.4 Å². The van der Waals surface area contributed by atoms with Gasteiger partial charge >= 0.3 is 5.97 Å². The lowest BCUT2D eigenvalue weighted by atomic mass is 10.0. The summed E-state index contributed by atoms with van der Waals surface area (Å²) in [6.45, 7) is 5.05. The minimum atomic E-state index is -0.428. The summed E-state index contributed by atoms with van der Waals surface area (Å²) in [4.78, 5) is 24.5. The van der Waals surface area contributed by atoms with Gasteiger partial charge in [0.15, 0.2) is 0 Å². The lowest BCUT2D eigenvalue weighted by Crippen LogP contribution is -2.16. The smallest absolute Gasteiger partial charge is 0.343 e. The quantitative estimate of drug-likeness (QED) is 0.0442. The molecule has 0 atom stereocenters. The Labute approximate surface area is 254 Å². The predicted molar refractivity (Wildman–Crippen MR) is 174 cm³/mol. The van der Waals surface area contributed by atoms with Gasteiger partial charge in [-0.05, 0) is 66.9 Å². The normalized spacial score (nSPS) is 11.1. The molecule has 0 saturated heterocycles. The van der Waals surface area contributed by atoms with Gasteiger partial charge in [-0.25, -0.2) is 10.2 Å². The Kier molecular flexibility index (Phi) is 19.5. The first kappa shape index (κ1) is 35.0. The van der Waals surface area contributed by atoms with Crippen LogP contribution in [0.4, 0.5) is 0 Å². The van der Waals surface area contributed by atoms with Crippen LogP contribution >= 0.6 is 0 Å². The molecule has 0 fully saturated rings. The van der Waals surface area contributed by atoms with Crippen molar-refractivity contribution in [3.63, 3.8) is 0 Å². The van der Waals surface area contributed by atoms with Crippen molar-refractivity contribution < 1.29 is 19.1 Å². The number of benzene rings is 2. The summed E-state index contributed by atoms with van der Waals surface area (Å²) in [7, 11) is 0. The highest BCUT2D eigenvalue weighted by Crippen LogP contribution is 2.17. The minimum Gasteiger partial charge on any atom is -0.494 e. The van der Waals surface area contributed by atoms with Crippen molar-refractivity contribution in [2.45, 2.75) is 129 Å². The number of hydrazone groups is 1. The molecule has 0 aromatic heterocycles. The average Bonchev–Trinajstić information content (AvgIpc) is 3.00. The number of nitrogens with zero attached hydrogens (tertiary/aromatic N) is 1. The highest BCUT2D eigenvalue weighted by Gasteiger charge is 2.09. The second-order valence-electron chi connectivity index (χ2n) is 11.2. The maximum absolute atomic E-state index is 12.4. The van der Waals surface area contributed by atoms with E-state index in [4.69, 9.17) is 9.47 Å². The molecule has 2 aromatic rings. The average molecular weight is 579 g/mol. The molecule has 232 valence electrons. The molecule has 0 aliphatic rings. The fourth-order valence-electron chi connectivity index (χ4n) is 4.70. The molecule has 0 aliphatic heterocycles. The Balaban J connectivity index is 1.50. The molecule has 0 heterocycles. The number of unbranched alkanes of at least 4 members (excludes halogenated alkanes) is 15. The molecule has 0 spiro atoms. The first-order chi connectivity index (χ1) is 20.6. The van der Waals surface area contributed by atoms with Crippen LogP contribution in [0.2, 0.25) is 0 Å². The number of ether oxygens (including phenoxy) is 2. The summed E-state index contributed by atoms with van der Waals surface area (Å²) in [5.74, 6) is 0.694. The van der Waals surface area contributed by atoms with E-state index in [1.165, 1.54) is 83.5 Å². The van der Waals surface area contributed by atoms with Gasteiger partial charge in [0, 0.05) is 6.42 Å². The van der Waals surface area contributed by atoms with Crippen LogP contribution in [0.1, 0.15) is 145 Å². The zero-order valence-electron chi connectivity index (χ0n) is 26.2. The van der Waals surface area contributed by atoms with Crippen LogP contribution in [0.3, 0.4) is 0 Å². The molecule has 0 unspecified atom stereocenters. The SMILES string of the molecule is CCCCCCCCCCCCCCCCCC(=O)NN=Cc1ccc(OC(=O)c2ccc(OCCCC)cc2)cc1. The third kappa shape index (κ3) is 17.0. The number of carbonyl (C=O) groups excluding carboxylic acids is 2. The molecule has 42 heavy (non-hydrogen) atoms. The second-order valence-corrected chi connectivity index (χ2v) is 11.2. The fraction of sp³-hybridized carbons (Fsp3) is 0.583. The third-order valence-electron chi connectivity index (χ3n) is 7.36. The molecule has 2 aromatic carbocycles. The van der Waals surface area contributed by atoms with Gasteiger partial charge in [0.05, 0.1) is 18.4 Å². The summed E-state index contributed by atoms with van der Waals surface area (Å²) in [6.07, 6.45) is 23.8. The molecular formula is C36H54N2O4. The van der Waals surface area contributed by atoms with Gasteiger partial charge in [0.1, 0.15) is 11.5 Å². The van der Waals surface area contributed by atoms with Gasteiger partial charge in [-0.15, -0.1) is 0 Å². The molecule has 0 radical (unpaired) electrons. The van der Waals surface area contributed by atoms with E-state index in [1.807, 2.05) is 0 Å². The van der Waals surface area contributed by atoms with E-state index in [1.54, 1.807) is 54.7 Å². The number of rotatable bonds is 24. The van der Waals surface area contributed by atoms with E-state index < -0.39 is 5.97 Å². The van der Waals surface area contributed by atoms with Crippen LogP contribution in [0.5, 0.6) is 11.5 Å². The summed E-state index contributed by atoms with van der Waals surface area (Å²) in [5.41, 5.74) is 3.86. The maximum Gasteiger partial charge on any atom is 0.343 e. The third-order valence-corrected chi connectivity index (χ3v) is 7.36. The lowest BCUT2D eigenvalue weighted by Gasteiger charge is -2.07. The number of hydrogen-bond acceptors (Lipinski definition) is 5. The molecule has 6 nitrogen and oxygen atoms in total. The Hall–Kier alpha value is -3.15. The summed E-state index contributed by atoms with van der Waals surface area (Å²) >= 11 is 0. The van der Waals surface area contributed by atoms with Gasteiger partial charge in [0.25, 0.3) is 0 Å². The number of esters is 1. The first-order valence-corrected chi connectivity index (χ1v) is 16.5. The molecule has 0 saturated carbocycles. The molecule has 1 amide bonds. The van der Waals surface area contributed by atoms with Gasteiger partial charge in [0.2, 0.25) is 5.91 Å².